The molecule has 0 bridgehead atoms. The zero-order chi connectivity index (χ0) is 10.6. The molecular weight excluding hydrogens is 269 g/mol. The first kappa shape index (κ1) is 18.0. The summed E-state index contributed by atoms with van der Waals surface area (Å²) in [4.78, 5) is 15.6. The number of aryl methyl sites for hydroxylation is 1. The van der Waals surface area contributed by atoms with Crippen molar-refractivity contribution in [3.8, 4) is 0 Å². The summed E-state index contributed by atoms with van der Waals surface area (Å²) < 4.78 is 0. The Labute approximate surface area is 112 Å². The van der Waals surface area contributed by atoms with Gasteiger partial charge in [0.2, 0.25) is 5.91 Å². The van der Waals surface area contributed by atoms with Crippen LogP contribution in [0, 0.1) is 12.8 Å². The third-order valence-electron chi connectivity index (χ3n) is 1.94. The van der Waals surface area contributed by atoms with Gasteiger partial charge in [-0.3, -0.25) is 4.79 Å². The predicted octanol–water partition coefficient (Wildman–Crippen LogP) is 2.09. The summed E-state index contributed by atoms with van der Waals surface area (Å²) in [5, 5.41) is 6.67. The number of carbonyl (C=O) groups excluding carboxylic acids is 1. The first-order valence-corrected chi connectivity index (χ1v) is 5.38. The zero-order valence-corrected chi connectivity index (χ0v) is 11.9. The lowest BCUT2D eigenvalue weighted by molar-refractivity contribution is -0.119. The van der Waals surface area contributed by atoms with Gasteiger partial charge in [-0.25, -0.2) is 4.98 Å². The standard InChI is InChI=1S/C9H15N3OS.2ClH/c1-6(4-10-3)8(13)12-9-7(2)11-5-14-9;;/h5-6,10H,4H2,1-3H3,(H,12,13);2*1H. The number of carbonyl (C=O) groups is 1. The quantitative estimate of drug-likeness (QED) is 0.891. The molecule has 7 heteroatoms. The van der Waals surface area contributed by atoms with E-state index in [2.05, 4.69) is 15.6 Å². The van der Waals surface area contributed by atoms with Gasteiger partial charge in [-0.05, 0) is 14.0 Å². The van der Waals surface area contributed by atoms with Gasteiger partial charge in [0.25, 0.3) is 0 Å². The average molecular weight is 286 g/mol. The van der Waals surface area contributed by atoms with Crippen molar-refractivity contribution in [1.29, 1.82) is 0 Å². The molecule has 4 nitrogen and oxygen atoms in total. The molecule has 1 rings (SSSR count). The van der Waals surface area contributed by atoms with Crippen LogP contribution < -0.4 is 10.6 Å². The maximum absolute atomic E-state index is 11.6. The Balaban J connectivity index is 0. The minimum absolute atomic E-state index is 0. The first-order valence-electron chi connectivity index (χ1n) is 4.50. The van der Waals surface area contributed by atoms with E-state index in [1.54, 1.807) is 5.51 Å². The van der Waals surface area contributed by atoms with Gasteiger partial charge in [0.1, 0.15) is 5.00 Å². The number of thiazole rings is 1. The number of nitrogens with zero attached hydrogens (tertiary/aromatic N) is 1. The van der Waals surface area contributed by atoms with Crippen molar-refractivity contribution in [2.75, 3.05) is 18.9 Å². The summed E-state index contributed by atoms with van der Waals surface area (Å²) in [5.74, 6) is 0.00759. The smallest absolute Gasteiger partial charge is 0.229 e. The van der Waals surface area contributed by atoms with E-state index < -0.39 is 0 Å². The molecule has 0 saturated heterocycles. The zero-order valence-electron chi connectivity index (χ0n) is 9.44. The monoisotopic (exact) mass is 285 g/mol. The third-order valence-corrected chi connectivity index (χ3v) is 2.78. The highest BCUT2D eigenvalue weighted by Gasteiger charge is 2.13. The average Bonchev–Trinajstić information content (AvgIpc) is 2.52. The normalized spacial score (nSPS) is 10.9. The van der Waals surface area contributed by atoms with Crippen LogP contribution in [0.15, 0.2) is 5.51 Å². The molecule has 16 heavy (non-hydrogen) atoms. The topological polar surface area (TPSA) is 54.0 Å². The molecule has 0 radical (unpaired) electrons. The minimum atomic E-state index is -0.0264. The number of amides is 1. The van der Waals surface area contributed by atoms with Crippen LogP contribution in [0.2, 0.25) is 0 Å². The van der Waals surface area contributed by atoms with Crippen LogP contribution in [0.25, 0.3) is 0 Å². The Kier molecular flexibility index (Phi) is 9.86. The van der Waals surface area contributed by atoms with E-state index in [1.165, 1.54) is 11.3 Å². The Morgan fingerprint density at radius 2 is 2.19 bits per heavy atom. The van der Waals surface area contributed by atoms with Gasteiger partial charge < -0.3 is 10.6 Å². The molecule has 1 atom stereocenters. The molecule has 0 aliphatic heterocycles. The Bertz CT molecular complexity index is 319. The van der Waals surface area contributed by atoms with E-state index in [0.717, 1.165) is 10.7 Å². The number of aromatic nitrogens is 1. The second kappa shape index (κ2) is 8.75. The Morgan fingerprint density at radius 3 is 2.62 bits per heavy atom. The van der Waals surface area contributed by atoms with E-state index in [0.29, 0.717) is 6.54 Å². The maximum Gasteiger partial charge on any atom is 0.229 e. The molecular formula is C9H17Cl2N3OS. The minimum Gasteiger partial charge on any atom is -0.319 e. The molecule has 0 spiro atoms. The van der Waals surface area contributed by atoms with Gasteiger partial charge in [-0.15, -0.1) is 36.2 Å². The highest BCUT2D eigenvalue weighted by atomic mass is 35.5. The summed E-state index contributed by atoms with van der Waals surface area (Å²) in [6.45, 7) is 4.46. The lowest BCUT2D eigenvalue weighted by atomic mass is 10.1. The lowest BCUT2D eigenvalue weighted by Crippen LogP contribution is -2.28. The highest BCUT2D eigenvalue weighted by Crippen LogP contribution is 2.19. The molecule has 1 aromatic heterocycles. The highest BCUT2D eigenvalue weighted by molar-refractivity contribution is 7.14. The van der Waals surface area contributed by atoms with Crippen LogP contribution in [-0.4, -0.2) is 24.5 Å². The van der Waals surface area contributed by atoms with E-state index in [4.69, 9.17) is 0 Å². The van der Waals surface area contributed by atoms with Crippen LogP contribution in [0.3, 0.4) is 0 Å². The van der Waals surface area contributed by atoms with Gasteiger partial charge in [-0.1, -0.05) is 6.92 Å². The van der Waals surface area contributed by atoms with Crippen LogP contribution in [-0.2, 0) is 4.79 Å². The molecule has 0 aliphatic carbocycles. The number of anilines is 1. The largest absolute Gasteiger partial charge is 0.319 e. The van der Waals surface area contributed by atoms with Crippen LogP contribution in [0.5, 0.6) is 0 Å². The van der Waals surface area contributed by atoms with Gasteiger partial charge in [0, 0.05) is 12.5 Å². The second-order valence-electron chi connectivity index (χ2n) is 3.21. The van der Waals surface area contributed by atoms with E-state index in [9.17, 15) is 4.79 Å². The third kappa shape index (κ3) is 5.12. The summed E-state index contributed by atoms with van der Waals surface area (Å²) in [7, 11) is 1.84. The van der Waals surface area contributed by atoms with Gasteiger partial charge in [-0.2, -0.15) is 0 Å². The molecule has 0 aromatic carbocycles. The summed E-state index contributed by atoms with van der Waals surface area (Å²) in [6, 6.07) is 0. The second-order valence-corrected chi connectivity index (χ2v) is 4.07. The molecule has 0 aliphatic rings. The number of rotatable bonds is 4. The molecule has 2 N–H and O–H groups in total. The predicted molar refractivity (Wildman–Crippen MR) is 73.1 cm³/mol. The van der Waals surface area contributed by atoms with Crippen LogP contribution in [0.4, 0.5) is 5.00 Å². The molecule has 1 unspecified atom stereocenters. The van der Waals surface area contributed by atoms with Crippen molar-refractivity contribution in [3.63, 3.8) is 0 Å². The number of nitrogens with one attached hydrogen (secondary N) is 2. The fraction of sp³-hybridized carbons (Fsp3) is 0.556. The fourth-order valence-corrected chi connectivity index (χ4v) is 1.75. The fourth-order valence-electron chi connectivity index (χ4n) is 1.06. The summed E-state index contributed by atoms with van der Waals surface area (Å²) in [6.07, 6.45) is 0. The van der Waals surface area contributed by atoms with Crippen molar-refractivity contribution >= 4 is 47.1 Å². The van der Waals surface area contributed by atoms with Gasteiger partial charge >= 0.3 is 0 Å². The Hall–Kier alpha value is -0.360. The SMILES string of the molecule is CNCC(C)C(=O)Nc1scnc1C.Cl.Cl. The number of halogens is 2. The molecule has 0 fully saturated rings. The number of hydrogen-bond donors (Lipinski definition) is 2. The van der Waals surface area contributed by atoms with Crippen LogP contribution in [0.1, 0.15) is 12.6 Å². The summed E-state index contributed by atoms with van der Waals surface area (Å²) in [5.41, 5.74) is 2.60. The Morgan fingerprint density at radius 1 is 1.56 bits per heavy atom. The van der Waals surface area contributed by atoms with Crippen molar-refractivity contribution < 1.29 is 4.79 Å². The van der Waals surface area contributed by atoms with Crippen LogP contribution >= 0.6 is 36.2 Å². The van der Waals surface area contributed by atoms with Gasteiger partial charge in [0.15, 0.2) is 0 Å². The molecule has 1 amide bonds. The molecule has 1 heterocycles. The van der Waals surface area contributed by atoms with Crippen molar-refractivity contribution in [3.05, 3.63) is 11.2 Å². The van der Waals surface area contributed by atoms with Gasteiger partial charge in [0.05, 0.1) is 11.2 Å². The van der Waals surface area contributed by atoms with E-state index in [1.807, 2.05) is 20.9 Å². The van der Waals surface area contributed by atoms with E-state index >= 15 is 0 Å². The lowest BCUT2D eigenvalue weighted by Gasteiger charge is -2.10. The molecule has 0 saturated carbocycles. The number of hydrogen-bond acceptors (Lipinski definition) is 4. The van der Waals surface area contributed by atoms with E-state index in [-0.39, 0.29) is 36.6 Å². The summed E-state index contributed by atoms with van der Waals surface area (Å²) >= 11 is 1.45. The van der Waals surface area contributed by atoms with Crippen molar-refractivity contribution in [2.24, 2.45) is 5.92 Å². The maximum atomic E-state index is 11.6. The van der Waals surface area contributed by atoms with Crippen molar-refractivity contribution in [1.82, 2.24) is 10.3 Å². The molecule has 94 valence electrons. The van der Waals surface area contributed by atoms with Crippen molar-refractivity contribution in [2.45, 2.75) is 13.8 Å². The molecule has 1 aromatic rings. The first-order chi connectivity index (χ1) is 6.65.